The second kappa shape index (κ2) is 3.46. The summed E-state index contributed by atoms with van der Waals surface area (Å²) >= 11 is 0. The van der Waals surface area contributed by atoms with Crippen molar-refractivity contribution in [3.8, 4) is 11.3 Å². The second-order valence-corrected chi connectivity index (χ2v) is 3.70. The van der Waals surface area contributed by atoms with Gasteiger partial charge in [-0.15, -0.1) is 0 Å². The third-order valence-corrected chi connectivity index (χ3v) is 2.76. The van der Waals surface area contributed by atoms with Gasteiger partial charge in [0.1, 0.15) is 0 Å². The number of hydrogen-bond acceptors (Lipinski definition) is 1. The van der Waals surface area contributed by atoms with Gasteiger partial charge in [0.15, 0.2) is 0 Å². The first-order valence-corrected chi connectivity index (χ1v) is 5.15. The van der Waals surface area contributed by atoms with Crippen LogP contribution in [0.1, 0.15) is 5.56 Å². The fourth-order valence-electron chi connectivity index (χ4n) is 2.03. The molecule has 1 aliphatic heterocycles. The van der Waals surface area contributed by atoms with E-state index in [1.807, 2.05) is 12.3 Å². The van der Waals surface area contributed by atoms with Crippen LogP contribution in [0.4, 0.5) is 0 Å². The van der Waals surface area contributed by atoms with Crippen molar-refractivity contribution in [3.05, 3.63) is 48.2 Å². The molecule has 15 heavy (non-hydrogen) atoms. The van der Waals surface area contributed by atoms with E-state index in [0.717, 1.165) is 12.1 Å². The Labute approximate surface area is 89.7 Å². The number of nitrogens with zero attached hydrogens (tertiary/aromatic N) is 1. The van der Waals surface area contributed by atoms with Crippen LogP contribution in [0.2, 0.25) is 0 Å². The van der Waals surface area contributed by atoms with E-state index < -0.39 is 0 Å². The Morgan fingerprint density at radius 1 is 1.07 bits per heavy atom. The van der Waals surface area contributed by atoms with Crippen LogP contribution in [0, 0.1) is 0 Å². The summed E-state index contributed by atoms with van der Waals surface area (Å²) in [4.78, 5) is 4.48. The molecule has 1 nitrogen and oxygen atoms in total. The summed E-state index contributed by atoms with van der Waals surface area (Å²) in [5.41, 5.74) is 4.99. The Kier molecular flexibility index (Phi) is 1.99. The molecule has 70 valence electrons. The minimum atomic E-state index is 1.01. The van der Waals surface area contributed by atoms with Crippen molar-refractivity contribution in [1.29, 1.82) is 0 Å². The molecule has 2 heteroatoms. The number of benzene rings is 1. The SMILES string of the molecule is B1=CCc2c1ccnc2-c1ccccc1. The van der Waals surface area contributed by atoms with Crippen LogP contribution in [-0.4, -0.2) is 17.9 Å². The average molecular weight is 191 g/mol. The zero-order chi connectivity index (χ0) is 10.1. The van der Waals surface area contributed by atoms with Gasteiger partial charge in [-0.1, -0.05) is 0 Å². The molecule has 0 unspecified atom stereocenters. The van der Waals surface area contributed by atoms with E-state index >= 15 is 0 Å². The predicted octanol–water partition coefficient (Wildman–Crippen LogP) is 1.44. The molecule has 1 aliphatic rings. The van der Waals surface area contributed by atoms with Crippen LogP contribution in [0.25, 0.3) is 11.3 Å². The van der Waals surface area contributed by atoms with Gasteiger partial charge in [0, 0.05) is 0 Å². The molecule has 0 spiro atoms. The maximum atomic E-state index is 4.48. The first kappa shape index (κ1) is 8.60. The Bertz CT molecular complexity index is 517. The van der Waals surface area contributed by atoms with Crippen LogP contribution in [-0.2, 0) is 6.42 Å². The van der Waals surface area contributed by atoms with Crippen molar-refractivity contribution in [3.63, 3.8) is 0 Å². The van der Waals surface area contributed by atoms with Crippen molar-refractivity contribution in [2.75, 3.05) is 0 Å². The van der Waals surface area contributed by atoms with Crippen LogP contribution < -0.4 is 5.46 Å². The zero-order valence-electron chi connectivity index (χ0n) is 8.35. The summed E-state index contributed by atoms with van der Waals surface area (Å²) < 4.78 is 0. The van der Waals surface area contributed by atoms with E-state index in [1.165, 1.54) is 16.6 Å². The molecule has 0 N–H and O–H groups in total. The molecular formula is C13H10BN. The normalized spacial score (nSPS) is 12.3. The molecule has 0 radical (unpaired) electrons. The Balaban J connectivity index is 2.19. The van der Waals surface area contributed by atoms with Crippen molar-refractivity contribution >= 4 is 18.4 Å². The summed E-state index contributed by atoms with van der Waals surface area (Å²) in [6.45, 7) is 2.17. The van der Waals surface area contributed by atoms with E-state index in [1.54, 1.807) is 0 Å². The van der Waals surface area contributed by atoms with Crippen LogP contribution >= 0.6 is 0 Å². The van der Waals surface area contributed by atoms with Gasteiger partial charge in [-0.2, -0.15) is 0 Å². The van der Waals surface area contributed by atoms with E-state index in [2.05, 4.69) is 48.2 Å². The number of hydrogen-bond donors (Lipinski definition) is 0. The van der Waals surface area contributed by atoms with Gasteiger partial charge < -0.3 is 0 Å². The van der Waals surface area contributed by atoms with Gasteiger partial charge in [0.05, 0.1) is 0 Å². The van der Waals surface area contributed by atoms with E-state index in [-0.39, 0.29) is 0 Å². The topological polar surface area (TPSA) is 12.9 Å². The molecule has 2 heterocycles. The summed E-state index contributed by atoms with van der Waals surface area (Å²) in [7, 11) is 0. The molecule has 0 bridgehead atoms. The fraction of sp³-hybridized carbons (Fsp3) is 0.0769. The van der Waals surface area contributed by atoms with Crippen LogP contribution in [0.15, 0.2) is 42.6 Å². The fourth-order valence-corrected chi connectivity index (χ4v) is 2.03. The number of fused-ring (bicyclic) bond motifs is 1. The monoisotopic (exact) mass is 191 g/mol. The summed E-state index contributed by atoms with van der Waals surface area (Å²) in [6.07, 6.45) is 2.89. The molecule has 0 amide bonds. The quantitative estimate of drug-likeness (QED) is 0.621. The molecule has 1 aromatic carbocycles. The maximum absolute atomic E-state index is 4.48. The van der Waals surface area contributed by atoms with Crippen molar-refractivity contribution < 1.29 is 0 Å². The molecular weight excluding hydrogens is 181 g/mol. The van der Waals surface area contributed by atoms with Gasteiger partial charge in [-0.05, 0) is 0 Å². The summed E-state index contributed by atoms with van der Waals surface area (Å²) in [5.74, 6) is 2.19. The predicted molar refractivity (Wildman–Crippen MR) is 64.8 cm³/mol. The Hall–Kier alpha value is -1.70. The van der Waals surface area contributed by atoms with Crippen molar-refractivity contribution in [1.82, 2.24) is 4.98 Å². The van der Waals surface area contributed by atoms with E-state index in [4.69, 9.17) is 0 Å². The van der Waals surface area contributed by atoms with Crippen LogP contribution in [0.5, 0.6) is 0 Å². The first-order valence-electron chi connectivity index (χ1n) is 5.15. The Morgan fingerprint density at radius 2 is 1.93 bits per heavy atom. The molecule has 0 fully saturated rings. The second-order valence-electron chi connectivity index (χ2n) is 3.70. The molecule has 0 atom stereocenters. The van der Waals surface area contributed by atoms with Gasteiger partial charge in [0.25, 0.3) is 0 Å². The van der Waals surface area contributed by atoms with Gasteiger partial charge >= 0.3 is 89.2 Å². The molecule has 1 aromatic heterocycles. The summed E-state index contributed by atoms with van der Waals surface area (Å²) in [6, 6.07) is 12.4. The first-order chi connectivity index (χ1) is 7.45. The third-order valence-electron chi connectivity index (χ3n) is 2.76. The molecule has 2 aromatic rings. The zero-order valence-corrected chi connectivity index (χ0v) is 8.35. The third kappa shape index (κ3) is 1.42. The molecule has 0 aliphatic carbocycles. The number of rotatable bonds is 1. The molecule has 0 saturated carbocycles. The van der Waals surface area contributed by atoms with E-state index in [0.29, 0.717) is 0 Å². The Morgan fingerprint density at radius 3 is 2.80 bits per heavy atom. The van der Waals surface area contributed by atoms with Gasteiger partial charge in [-0.3, -0.25) is 0 Å². The number of pyridine rings is 1. The molecule has 0 saturated heterocycles. The molecule has 3 rings (SSSR count). The van der Waals surface area contributed by atoms with Crippen molar-refractivity contribution in [2.45, 2.75) is 6.42 Å². The van der Waals surface area contributed by atoms with Gasteiger partial charge in [-0.25, -0.2) is 0 Å². The van der Waals surface area contributed by atoms with E-state index in [9.17, 15) is 0 Å². The number of aromatic nitrogens is 1. The minimum absolute atomic E-state index is 1.01. The van der Waals surface area contributed by atoms with Gasteiger partial charge in [0.2, 0.25) is 0 Å². The van der Waals surface area contributed by atoms with Crippen LogP contribution in [0.3, 0.4) is 0 Å². The standard InChI is InChI=1S/C13H10BN/c1-2-4-10(5-3-1)13-11-6-8-14-12(11)7-9-15-13/h1-5,7-9H,6H2. The van der Waals surface area contributed by atoms with Crippen molar-refractivity contribution in [2.24, 2.45) is 0 Å². The average Bonchev–Trinajstić information content (AvgIpc) is 2.78. The summed E-state index contributed by atoms with van der Waals surface area (Å²) in [5, 5.41) is 0.